The maximum atomic E-state index is 11.7. The highest BCUT2D eigenvalue weighted by Crippen LogP contribution is 2.33. The third-order valence-corrected chi connectivity index (χ3v) is 5.09. The Bertz CT molecular complexity index is 864. The number of para-hydroxylation sites is 1. The van der Waals surface area contributed by atoms with Crippen LogP contribution in [0.2, 0.25) is 0 Å². The van der Waals surface area contributed by atoms with Gasteiger partial charge in [-0.3, -0.25) is 4.79 Å². The Balaban J connectivity index is 1.52. The molecule has 0 bridgehead atoms. The molecule has 5 atom stereocenters. The van der Waals surface area contributed by atoms with Gasteiger partial charge in [-0.25, -0.2) is 0 Å². The first kappa shape index (κ1) is 20.7. The van der Waals surface area contributed by atoms with E-state index >= 15 is 0 Å². The first-order valence-electron chi connectivity index (χ1n) is 9.74. The average molecular weight is 429 g/mol. The monoisotopic (exact) mass is 429 g/mol. The van der Waals surface area contributed by atoms with E-state index in [-0.39, 0.29) is 23.9 Å². The van der Waals surface area contributed by atoms with Crippen molar-refractivity contribution in [2.45, 2.75) is 37.6 Å². The second kappa shape index (κ2) is 9.53. The van der Waals surface area contributed by atoms with Gasteiger partial charge in [0.1, 0.15) is 18.0 Å². The van der Waals surface area contributed by atoms with Crippen molar-refractivity contribution in [2.24, 2.45) is 0 Å². The van der Waals surface area contributed by atoms with Gasteiger partial charge in [0.15, 0.2) is 12.4 Å². The second-order valence-corrected chi connectivity index (χ2v) is 7.44. The van der Waals surface area contributed by atoms with Crippen LogP contribution in [0, 0.1) is 0 Å². The van der Waals surface area contributed by atoms with Gasteiger partial charge in [0.05, 0.1) is 19.3 Å². The highest BCUT2D eigenvalue weighted by atomic mass is 32.1. The lowest BCUT2D eigenvalue weighted by molar-refractivity contribution is -0.301. The quantitative estimate of drug-likeness (QED) is 0.749. The Kier molecular flexibility index (Phi) is 6.59. The molecule has 30 heavy (non-hydrogen) atoms. The van der Waals surface area contributed by atoms with Gasteiger partial charge in [0.25, 0.3) is 0 Å². The van der Waals surface area contributed by atoms with Crippen LogP contribution in [-0.4, -0.2) is 48.7 Å². The standard InChI is InChI=1S/C22H23NO6S/c1-14(24)23-17-12-25-18-13-26-21(15-8-4-2-5-9-15)28-20(18)19(17)29-22(30)27-16-10-6-3-7-11-16/h2-11,17-21H,12-13H2,1H3,(H,23,24)/t17-,18+,19+,20+,21?/m0/s1. The molecule has 0 aliphatic carbocycles. The summed E-state index contributed by atoms with van der Waals surface area (Å²) >= 11 is 5.32. The Morgan fingerprint density at radius 1 is 1.03 bits per heavy atom. The van der Waals surface area contributed by atoms with E-state index in [4.69, 9.17) is 35.9 Å². The molecular formula is C22H23NO6S. The van der Waals surface area contributed by atoms with Gasteiger partial charge in [-0.2, -0.15) is 0 Å². The fraction of sp³-hybridized carbons (Fsp3) is 0.364. The SMILES string of the molecule is CC(=O)N[C@H]1CO[C@@H]2COC(c3ccccc3)O[C@H]2[C@@H]1OC(=S)Oc1ccccc1. The molecule has 2 aliphatic heterocycles. The zero-order valence-corrected chi connectivity index (χ0v) is 17.2. The number of amides is 1. The van der Waals surface area contributed by atoms with Gasteiger partial charge in [0, 0.05) is 24.7 Å². The summed E-state index contributed by atoms with van der Waals surface area (Å²) in [7, 11) is 0. The van der Waals surface area contributed by atoms with E-state index < -0.39 is 24.5 Å². The first-order valence-corrected chi connectivity index (χ1v) is 10.1. The number of rotatable bonds is 4. The van der Waals surface area contributed by atoms with Crippen molar-refractivity contribution in [3.05, 3.63) is 66.2 Å². The lowest BCUT2D eigenvalue weighted by Gasteiger charge is -2.46. The van der Waals surface area contributed by atoms with E-state index in [2.05, 4.69) is 5.32 Å². The zero-order valence-electron chi connectivity index (χ0n) is 16.4. The van der Waals surface area contributed by atoms with Crippen LogP contribution in [0.15, 0.2) is 60.7 Å². The highest BCUT2D eigenvalue weighted by Gasteiger charge is 2.48. The summed E-state index contributed by atoms with van der Waals surface area (Å²) in [6, 6.07) is 18.3. The first-order chi connectivity index (χ1) is 14.6. The van der Waals surface area contributed by atoms with Crippen LogP contribution >= 0.6 is 12.2 Å². The molecule has 0 radical (unpaired) electrons. The van der Waals surface area contributed by atoms with Crippen LogP contribution < -0.4 is 10.1 Å². The van der Waals surface area contributed by atoms with Crippen LogP contribution in [0.1, 0.15) is 18.8 Å². The summed E-state index contributed by atoms with van der Waals surface area (Å²) in [6.07, 6.45) is -2.02. The highest BCUT2D eigenvalue weighted by molar-refractivity contribution is 7.79. The number of thiocarbonyl (C=S) groups is 1. The smallest absolute Gasteiger partial charge is 0.358 e. The van der Waals surface area contributed by atoms with E-state index in [0.29, 0.717) is 12.4 Å². The van der Waals surface area contributed by atoms with Crippen molar-refractivity contribution in [3.63, 3.8) is 0 Å². The third kappa shape index (κ3) is 4.96. The molecule has 8 heteroatoms. The molecule has 158 valence electrons. The maximum absolute atomic E-state index is 11.7. The van der Waals surface area contributed by atoms with Crippen molar-refractivity contribution >= 4 is 23.4 Å². The number of carbonyl (C=O) groups is 1. The van der Waals surface area contributed by atoms with Gasteiger partial charge >= 0.3 is 5.24 Å². The lowest BCUT2D eigenvalue weighted by Crippen LogP contribution is -2.63. The Morgan fingerprint density at radius 3 is 2.43 bits per heavy atom. The van der Waals surface area contributed by atoms with Gasteiger partial charge in [-0.15, -0.1) is 0 Å². The number of hydrogen-bond donors (Lipinski definition) is 1. The van der Waals surface area contributed by atoms with E-state index in [1.807, 2.05) is 48.5 Å². The minimum Gasteiger partial charge on any atom is -0.448 e. The fourth-order valence-electron chi connectivity index (χ4n) is 3.57. The van der Waals surface area contributed by atoms with Gasteiger partial charge in [0.2, 0.25) is 5.91 Å². The Labute approximate surface area is 180 Å². The van der Waals surface area contributed by atoms with E-state index in [0.717, 1.165) is 5.56 Å². The Morgan fingerprint density at radius 2 is 1.73 bits per heavy atom. The average Bonchev–Trinajstić information content (AvgIpc) is 2.76. The van der Waals surface area contributed by atoms with Crippen molar-refractivity contribution in [1.82, 2.24) is 5.32 Å². The van der Waals surface area contributed by atoms with Crippen molar-refractivity contribution in [2.75, 3.05) is 13.2 Å². The summed E-state index contributed by atoms with van der Waals surface area (Å²) in [5.74, 6) is 0.370. The molecule has 0 spiro atoms. The molecule has 2 saturated heterocycles. The van der Waals surface area contributed by atoms with Crippen LogP contribution in [-0.2, 0) is 23.7 Å². The molecule has 2 heterocycles. The molecule has 0 aromatic heterocycles. The largest absolute Gasteiger partial charge is 0.448 e. The molecule has 4 rings (SSSR count). The van der Waals surface area contributed by atoms with Crippen LogP contribution in [0.25, 0.3) is 0 Å². The van der Waals surface area contributed by atoms with Gasteiger partial charge in [-0.1, -0.05) is 48.5 Å². The van der Waals surface area contributed by atoms with E-state index in [9.17, 15) is 4.79 Å². The predicted molar refractivity (Wildman–Crippen MR) is 112 cm³/mol. The van der Waals surface area contributed by atoms with Crippen LogP contribution in [0.4, 0.5) is 0 Å². The van der Waals surface area contributed by atoms with Crippen molar-refractivity contribution < 1.29 is 28.5 Å². The minimum absolute atomic E-state index is 0.0476. The number of ether oxygens (including phenoxy) is 5. The van der Waals surface area contributed by atoms with E-state index in [1.54, 1.807) is 12.1 Å². The summed E-state index contributed by atoms with van der Waals surface area (Å²) in [6.45, 7) is 2.03. The van der Waals surface area contributed by atoms with E-state index in [1.165, 1.54) is 6.92 Å². The minimum atomic E-state index is -0.598. The lowest BCUT2D eigenvalue weighted by atomic mass is 9.96. The molecule has 1 amide bonds. The molecule has 2 aromatic rings. The summed E-state index contributed by atoms with van der Waals surface area (Å²) in [5.41, 5.74) is 0.888. The van der Waals surface area contributed by atoms with Crippen LogP contribution in [0.3, 0.4) is 0 Å². The maximum Gasteiger partial charge on any atom is 0.358 e. The summed E-state index contributed by atoms with van der Waals surface area (Å²) in [4.78, 5) is 11.7. The number of benzene rings is 2. The van der Waals surface area contributed by atoms with Gasteiger partial charge in [-0.05, 0) is 12.1 Å². The zero-order chi connectivity index (χ0) is 20.9. The number of hydrogen-bond acceptors (Lipinski definition) is 7. The molecule has 2 fully saturated rings. The van der Waals surface area contributed by atoms with Crippen molar-refractivity contribution in [1.29, 1.82) is 0 Å². The number of nitrogens with one attached hydrogen (secondary N) is 1. The predicted octanol–water partition coefficient (Wildman–Crippen LogP) is 2.75. The Hall–Kier alpha value is -2.52. The molecule has 1 N–H and O–H groups in total. The van der Waals surface area contributed by atoms with Gasteiger partial charge < -0.3 is 29.0 Å². The normalized spacial score (nSPS) is 28.1. The molecule has 2 aromatic carbocycles. The summed E-state index contributed by atoms with van der Waals surface area (Å²) < 4.78 is 29.6. The van der Waals surface area contributed by atoms with Crippen LogP contribution in [0.5, 0.6) is 5.75 Å². The van der Waals surface area contributed by atoms with Crippen molar-refractivity contribution in [3.8, 4) is 5.75 Å². The number of fused-ring (bicyclic) bond motifs is 1. The molecular weight excluding hydrogens is 406 g/mol. The molecule has 7 nitrogen and oxygen atoms in total. The summed E-state index contributed by atoms with van der Waals surface area (Å²) in [5, 5.41) is 2.82. The molecule has 1 unspecified atom stereocenters. The molecule has 0 saturated carbocycles. The fourth-order valence-corrected chi connectivity index (χ4v) is 3.78. The number of carbonyl (C=O) groups excluding carboxylic acids is 1. The topological polar surface area (TPSA) is 75.3 Å². The second-order valence-electron chi connectivity index (χ2n) is 7.10. The third-order valence-electron chi connectivity index (χ3n) is 4.91. The molecule has 2 aliphatic rings.